The molecule has 2 aliphatic heterocycles. The highest BCUT2D eigenvalue weighted by molar-refractivity contribution is 5.89. The molecule has 0 spiro atoms. The summed E-state index contributed by atoms with van der Waals surface area (Å²) in [6, 6.07) is 0. The Morgan fingerprint density at radius 1 is 1.15 bits per heavy atom. The fourth-order valence-corrected chi connectivity index (χ4v) is 3.47. The molecule has 26 heavy (non-hydrogen) atoms. The highest BCUT2D eigenvalue weighted by atomic mass is 19.4. The molecule has 9 heteroatoms. The van der Waals surface area contributed by atoms with Crippen molar-refractivity contribution in [1.29, 1.82) is 0 Å². The standard InChI is InChI=1S/C17H26F3N3O3/c1-16(2,3)23-10-12(8-13(23)24)14(25)22-6-4-11(5-7-22)9-21-15(26)17(18,19)20/h11-12H,4-10H2,1-3H3,(H,21,26). The minimum Gasteiger partial charge on any atom is -0.348 e. The lowest BCUT2D eigenvalue weighted by Gasteiger charge is -2.34. The fraction of sp³-hybridized carbons (Fsp3) is 0.824. The predicted octanol–water partition coefficient (Wildman–Crippen LogP) is 1.55. The summed E-state index contributed by atoms with van der Waals surface area (Å²) in [4.78, 5) is 39.0. The summed E-state index contributed by atoms with van der Waals surface area (Å²) < 4.78 is 36.6. The molecule has 0 aromatic heterocycles. The zero-order valence-corrected chi connectivity index (χ0v) is 15.4. The van der Waals surface area contributed by atoms with E-state index in [0.717, 1.165) is 0 Å². The van der Waals surface area contributed by atoms with Gasteiger partial charge in [0, 0.05) is 38.1 Å². The first-order valence-corrected chi connectivity index (χ1v) is 8.84. The fourth-order valence-electron chi connectivity index (χ4n) is 3.47. The third-order valence-corrected chi connectivity index (χ3v) is 5.02. The molecule has 2 heterocycles. The van der Waals surface area contributed by atoms with Gasteiger partial charge in [0.25, 0.3) is 0 Å². The van der Waals surface area contributed by atoms with Crippen LogP contribution in [0.25, 0.3) is 0 Å². The third-order valence-electron chi connectivity index (χ3n) is 5.02. The Morgan fingerprint density at radius 2 is 1.73 bits per heavy atom. The van der Waals surface area contributed by atoms with Crippen LogP contribution in [-0.4, -0.2) is 65.4 Å². The number of hydrogen-bond donors (Lipinski definition) is 1. The van der Waals surface area contributed by atoms with Gasteiger partial charge in [-0.05, 0) is 39.5 Å². The first-order chi connectivity index (χ1) is 11.9. The average Bonchev–Trinajstić information content (AvgIpc) is 2.93. The monoisotopic (exact) mass is 377 g/mol. The van der Waals surface area contributed by atoms with Crippen molar-refractivity contribution in [2.24, 2.45) is 11.8 Å². The second kappa shape index (κ2) is 7.44. The van der Waals surface area contributed by atoms with Crippen LogP contribution in [0, 0.1) is 11.8 Å². The predicted molar refractivity (Wildman–Crippen MR) is 87.9 cm³/mol. The summed E-state index contributed by atoms with van der Waals surface area (Å²) in [5.41, 5.74) is -0.324. The quantitative estimate of drug-likeness (QED) is 0.811. The van der Waals surface area contributed by atoms with Crippen LogP contribution in [-0.2, 0) is 14.4 Å². The van der Waals surface area contributed by atoms with Crippen LogP contribution in [0.3, 0.4) is 0 Å². The Hall–Kier alpha value is -1.80. The van der Waals surface area contributed by atoms with E-state index in [1.807, 2.05) is 26.1 Å². The number of hydrogen-bond acceptors (Lipinski definition) is 3. The van der Waals surface area contributed by atoms with Crippen LogP contribution >= 0.6 is 0 Å². The van der Waals surface area contributed by atoms with Crippen molar-refractivity contribution < 1.29 is 27.6 Å². The normalized spacial score (nSPS) is 22.7. The van der Waals surface area contributed by atoms with Crippen molar-refractivity contribution in [3.8, 4) is 0 Å². The maximum absolute atomic E-state index is 12.7. The molecule has 1 unspecified atom stereocenters. The zero-order chi connectivity index (χ0) is 19.7. The molecule has 0 saturated carbocycles. The van der Waals surface area contributed by atoms with E-state index in [-0.39, 0.29) is 42.2 Å². The van der Waals surface area contributed by atoms with Crippen molar-refractivity contribution in [1.82, 2.24) is 15.1 Å². The van der Waals surface area contributed by atoms with E-state index in [9.17, 15) is 27.6 Å². The van der Waals surface area contributed by atoms with Gasteiger partial charge >= 0.3 is 12.1 Å². The summed E-state index contributed by atoms with van der Waals surface area (Å²) >= 11 is 0. The number of alkyl halides is 3. The van der Waals surface area contributed by atoms with Crippen LogP contribution in [0.15, 0.2) is 0 Å². The highest BCUT2D eigenvalue weighted by Gasteiger charge is 2.42. The Kier molecular flexibility index (Phi) is 5.87. The van der Waals surface area contributed by atoms with E-state index in [2.05, 4.69) is 0 Å². The van der Waals surface area contributed by atoms with Gasteiger partial charge in [-0.1, -0.05) is 0 Å². The highest BCUT2D eigenvalue weighted by Crippen LogP contribution is 2.28. The summed E-state index contributed by atoms with van der Waals surface area (Å²) in [6.07, 6.45) is -3.59. The number of rotatable bonds is 3. The van der Waals surface area contributed by atoms with Crippen molar-refractivity contribution in [2.75, 3.05) is 26.2 Å². The van der Waals surface area contributed by atoms with Gasteiger partial charge in [0.1, 0.15) is 0 Å². The molecule has 2 aliphatic rings. The molecule has 0 aromatic carbocycles. The summed E-state index contributed by atoms with van der Waals surface area (Å²) in [5.74, 6) is -2.46. The first-order valence-electron chi connectivity index (χ1n) is 8.84. The molecular formula is C17H26F3N3O3. The lowest BCUT2D eigenvalue weighted by atomic mass is 9.95. The smallest absolute Gasteiger partial charge is 0.348 e. The van der Waals surface area contributed by atoms with E-state index >= 15 is 0 Å². The molecule has 0 radical (unpaired) electrons. The van der Waals surface area contributed by atoms with E-state index in [1.54, 1.807) is 9.80 Å². The van der Waals surface area contributed by atoms with Gasteiger partial charge in [-0.2, -0.15) is 13.2 Å². The SMILES string of the molecule is CC(C)(C)N1CC(C(=O)N2CCC(CNC(=O)C(F)(F)F)CC2)CC1=O. The second-order valence-corrected chi connectivity index (χ2v) is 8.05. The van der Waals surface area contributed by atoms with Gasteiger partial charge in [0.05, 0.1) is 5.92 Å². The van der Waals surface area contributed by atoms with E-state index in [0.29, 0.717) is 32.5 Å². The maximum Gasteiger partial charge on any atom is 0.471 e. The Labute approximate surface area is 151 Å². The van der Waals surface area contributed by atoms with Gasteiger partial charge < -0.3 is 15.1 Å². The van der Waals surface area contributed by atoms with Crippen molar-refractivity contribution in [3.63, 3.8) is 0 Å². The van der Waals surface area contributed by atoms with Gasteiger partial charge in [-0.3, -0.25) is 14.4 Å². The molecule has 2 fully saturated rings. The number of carbonyl (C=O) groups is 3. The van der Waals surface area contributed by atoms with E-state index < -0.39 is 12.1 Å². The Morgan fingerprint density at radius 3 is 2.19 bits per heavy atom. The summed E-state index contributed by atoms with van der Waals surface area (Å²) in [6.45, 7) is 7.02. The number of nitrogens with one attached hydrogen (secondary N) is 1. The molecule has 1 N–H and O–H groups in total. The topological polar surface area (TPSA) is 69.7 Å². The Balaban J connectivity index is 1.80. The van der Waals surface area contributed by atoms with Crippen LogP contribution in [0.4, 0.5) is 13.2 Å². The van der Waals surface area contributed by atoms with Gasteiger partial charge in [0.2, 0.25) is 11.8 Å². The van der Waals surface area contributed by atoms with Crippen LogP contribution in [0.1, 0.15) is 40.0 Å². The summed E-state index contributed by atoms with van der Waals surface area (Å²) in [7, 11) is 0. The van der Waals surface area contributed by atoms with Gasteiger partial charge in [-0.25, -0.2) is 0 Å². The third kappa shape index (κ3) is 4.88. The number of piperidine rings is 1. The minimum absolute atomic E-state index is 0.0272. The van der Waals surface area contributed by atoms with Crippen molar-refractivity contribution in [3.05, 3.63) is 0 Å². The number of nitrogens with zero attached hydrogens (tertiary/aromatic N) is 2. The average molecular weight is 377 g/mol. The molecule has 6 nitrogen and oxygen atoms in total. The van der Waals surface area contributed by atoms with E-state index in [1.165, 1.54) is 0 Å². The first kappa shape index (κ1) is 20.5. The van der Waals surface area contributed by atoms with Crippen molar-refractivity contribution >= 4 is 17.7 Å². The maximum atomic E-state index is 12.7. The molecule has 3 amide bonds. The van der Waals surface area contributed by atoms with Gasteiger partial charge in [0.15, 0.2) is 0 Å². The zero-order valence-electron chi connectivity index (χ0n) is 15.4. The lowest BCUT2D eigenvalue weighted by molar-refractivity contribution is -0.173. The minimum atomic E-state index is -4.87. The Bertz CT molecular complexity index is 564. The molecule has 0 bridgehead atoms. The molecule has 2 saturated heterocycles. The van der Waals surface area contributed by atoms with Crippen LogP contribution in [0.5, 0.6) is 0 Å². The van der Waals surface area contributed by atoms with Crippen LogP contribution in [0.2, 0.25) is 0 Å². The molecule has 0 aromatic rings. The molecule has 148 valence electrons. The summed E-state index contributed by atoms with van der Waals surface area (Å²) in [5, 5.41) is 1.90. The lowest BCUT2D eigenvalue weighted by Crippen LogP contribution is -2.46. The number of halogens is 3. The number of carbonyl (C=O) groups excluding carboxylic acids is 3. The molecule has 2 rings (SSSR count). The van der Waals surface area contributed by atoms with E-state index in [4.69, 9.17) is 0 Å². The van der Waals surface area contributed by atoms with Crippen LogP contribution < -0.4 is 5.32 Å². The largest absolute Gasteiger partial charge is 0.471 e. The molecule has 0 aliphatic carbocycles. The van der Waals surface area contributed by atoms with Gasteiger partial charge in [-0.15, -0.1) is 0 Å². The molecule has 1 atom stereocenters. The number of amides is 3. The molecular weight excluding hydrogens is 351 g/mol. The van der Waals surface area contributed by atoms with Crippen molar-refractivity contribution in [2.45, 2.75) is 51.7 Å². The second-order valence-electron chi connectivity index (χ2n) is 8.05. The number of likely N-dealkylation sites (tertiary alicyclic amines) is 2.